The molecule has 0 saturated carbocycles. The van der Waals surface area contributed by atoms with Crippen LogP contribution in [0.3, 0.4) is 0 Å². The van der Waals surface area contributed by atoms with Crippen molar-refractivity contribution in [3.05, 3.63) is 58.3 Å². The minimum absolute atomic E-state index is 0.0762. The van der Waals surface area contributed by atoms with Gasteiger partial charge in [-0.1, -0.05) is 41.4 Å². The Labute approximate surface area is 150 Å². The van der Waals surface area contributed by atoms with Crippen molar-refractivity contribution in [2.75, 3.05) is 31.1 Å². The zero-order chi connectivity index (χ0) is 17.3. The maximum absolute atomic E-state index is 13.9. The summed E-state index contributed by atoms with van der Waals surface area (Å²) in [5, 5.41) is 0.193. The van der Waals surface area contributed by atoms with Crippen molar-refractivity contribution in [1.82, 2.24) is 4.31 Å². The topological polar surface area (TPSA) is 40.6 Å². The van der Waals surface area contributed by atoms with Crippen LogP contribution in [0.15, 0.2) is 47.4 Å². The standard InChI is InChI=1S/C16H15Cl2FN2O2S/c17-12-4-3-5-13(18)16(12)24(22,23)21-10-8-20(9-11-21)15-7-2-1-6-14(15)19/h1-7H,8-11H2. The van der Waals surface area contributed by atoms with E-state index >= 15 is 0 Å². The summed E-state index contributed by atoms with van der Waals surface area (Å²) in [6.07, 6.45) is 0. The van der Waals surface area contributed by atoms with Crippen LogP contribution in [-0.4, -0.2) is 38.9 Å². The van der Waals surface area contributed by atoms with Gasteiger partial charge in [0, 0.05) is 26.2 Å². The summed E-state index contributed by atoms with van der Waals surface area (Å²) in [4.78, 5) is 1.75. The Morgan fingerprint density at radius 1 is 0.875 bits per heavy atom. The van der Waals surface area contributed by atoms with Crippen LogP contribution in [-0.2, 0) is 10.0 Å². The van der Waals surface area contributed by atoms with Gasteiger partial charge >= 0.3 is 0 Å². The number of anilines is 1. The fourth-order valence-corrected chi connectivity index (χ4v) is 5.25. The number of sulfonamides is 1. The minimum Gasteiger partial charge on any atom is -0.367 e. The number of hydrogen-bond acceptors (Lipinski definition) is 3. The molecule has 0 aliphatic carbocycles. The van der Waals surface area contributed by atoms with Gasteiger partial charge in [0.2, 0.25) is 10.0 Å². The smallest absolute Gasteiger partial charge is 0.246 e. The first-order chi connectivity index (χ1) is 11.4. The number of hydrogen-bond donors (Lipinski definition) is 0. The molecule has 0 atom stereocenters. The van der Waals surface area contributed by atoms with Crippen molar-refractivity contribution in [2.45, 2.75) is 4.90 Å². The van der Waals surface area contributed by atoms with Gasteiger partial charge in [-0.25, -0.2) is 12.8 Å². The number of piperazine rings is 1. The highest BCUT2D eigenvalue weighted by atomic mass is 35.5. The van der Waals surface area contributed by atoms with E-state index in [1.165, 1.54) is 22.5 Å². The summed E-state index contributed by atoms with van der Waals surface area (Å²) in [7, 11) is -3.79. The first-order valence-electron chi connectivity index (χ1n) is 7.35. The summed E-state index contributed by atoms with van der Waals surface area (Å²) in [5.74, 6) is -0.317. The average Bonchev–Trinajstić information content (AvgIpc) is 2.55. The lowest BCUT2D eigenvalue weighted by atomic mass is 10.2. The van der Waals surface area contributed by atoms with Gasteiger partial charge < -0.3 is 4.90 Å². The Bertz CT molecular complexity index is 833. The summed E-state index contributed by atoms with van der Waals surface area (Å²) >= 11 is 12.1. The van der Waals surface area contributed by atoms with Crippen molar-refractivity contribution < 1.29 is 12.8 Å². The predicted molar refractivity (Wildman–Crippen MR) is 93.8 cm³/mol. The fraction of sp³-hybridized carbons (Fsp3) is 0.250. The second kappa shape index (κ2) is 6.88. The van der Waals surface area contributed by atoms with Crippen LogP contribution in [0, 0.1) is 5.82 Å². The third-order valence-electron chi connectivity index (χ3n) is 3.95. The second-order valence-electron chi connectivity index (χ2n) is 5.39. The largest absolute Gasteiger partial charge is 0.367 e. The zero-order valence-corrected chi connectivity index (χ0v) is 15.0. The van der Waals surface area contributed by atoms with Gasteiger partial charge in [-0.05, 0) is 24.3 Å². The van der Waals surface area contributed by atoms with Gasteiger partial charge in [0.25, 0.3) is 0 Å². The van der Waals surface area contributed by atoms with Crippen LogP contribution in [0.5, 0.6) is 0 Å². The number of halogens is 3. The molecule has 1 saturated heterocycles. The molecule has 2 aromatic carbocycles. The average molecular weight is 389 g/mol. The van der Waals surface area contributed by atoms with Crippen molar-refractivity contribution in [2.24, 2.45) is 0 Å². The van der Waals surface area contributed by atoms with Gasteiger partial charge in [0.05, 0.1) is 15.7 Å². The van der Waals surface area contributed by atoms with E-state index in [-0.39, 0.29) is 33.8 Å². The Hall–Kier alpha value is -1.34. The monoisotopic (exact) mass is 388 g/mol. The zero-order valence-electron chi connectivity index (χ0n) is 12.6. The molecule has 8 heteroatoms. The maximum atomic E-state index is 13.9. The SMILES string of the molecule is O=S(=O)(c1c(Cl)cccc1Cl)N1CCN(c2ccccc2F)CC1. The molecule has 24 heavy (non-hydrogen) atoms. The van der Waals surface area contributed by atoms with Gasteiger partial charge in [0.15, 0.2) is 0 Å². The number of nitrogens with zero attached hydrogens (tertiary/aromatic N) is 2. The lowest BCUT2D eigenvalue weighted by Crippen LogP contribution is -2.49. The van der Waals surface area contributed by atoms with Crippen molar-refractivity contribution in [3.63, 3.8) is 0 Å². The molecule has 0 spiro atoms. The Morgan fingerprint density at radius 3 is 2.04 bits per heavy atom. The van der Waals surface area contributed by atoms with Gasteiger partial charge in [-0.15, -0.1) is 0 Å². The van der Waals surface area contributed by atoms with Crippen molar-refractivity contribution in [1.29, 1.82) is 0 Å². The van der Waals surface area contributed by atoms with E-state index in [0.29, 0.717) is 18.8 Å². The lowest BCUT2D eigenvalue weighted by molar-refractivity contribution is 0.383. The van der Waals surface area contributed by atoms with E-state index in [1.54, 1.807) is 24.3 Å². The Balaban J connectivity index is 1.81. The second-order valence-corrected chi connectivity index (χ2v) is 8.08. The molecule has 2 aromatic rings. The minimum atomic E-state index is -3.79. The number of para-hydroxylation sites is 1. The van der Waals surface area contributed by atoms with Crippen LogP contribution in [0.1, 0.15) is 0 Å². The van der Waals surface area contributed by atoms with Crippen molar-refractivity contribution in [3.8, 4) is 0 Å². The van der Waals surface area contributed by atoms with E-state index in [2.05, 4.69) is 0 Å². The molecule has 1 aliphatic rings. The molecule has 1 heterocycles. The van der Waals surface area contributed by atoms with Gasteiger partial charge in [-0.2, -0.15) is 4.31 Å². The molecule has 0 bridgehead atoms. The first kappa shape index (κ1) is 17.5. The molecule has 4 nitrogen and oxygen atoms in total. The predicted octanol–water partition coefficient (Wildman–Crippen LogP) is 3.64. The summed E-state index contributed by atoms with van der Waals surface area (Å²) in [6.45, 7) is 1.25. The molecule has 3 rings (SSSR count). The van der Waals surface area contributed by atoms with E-state index in [0.717, 1.165) is 0 Å². The highest BCUT2D eigenvalue weighted by Gasteiger charge is 2.32. The van der Waals surface area contributed by atoms with Crippen LogP contribution in [0.25, 0.3) is 0 Å². The molecule has 0 N–H and O–H groups in total. The van der Waals surface area contributed by atoms with Crippen LogP contribution in [0.4, 0.5) is 10.1 Å². The maximum Gasteiger partial charge on any atom is 0.246 e. The van der Waals surface area contributed by atoms with E-state index < -0.39 is 10.0 Å². The van der Waals surface area contributed by atoms with Gasteiger partial charge in [-0.3, -0.25) is 0 Å². The highest BCUT2D eigenvalue weighted by Crippen LogP contribution is 2.32. The molecule has 0 radical (unpaired) electrons. The fourth-order valence-electron chi connectivity index (χ4n) is 2.74. The molecular weight excluding hydrogens is 374 g/mol. The third-order valence-corrected chi connectivity index (χ3v) is 6.80. The third kappa shape index (κ3) is 3.24. The summed E-state index contributed by atoms with van der Waals surface area (Å²) < 4.78 is 40.8. The lowest BCUT2D eigenvalue weighted by Gasteiger charge is -2.35. The van der Waals surface area contributed by atoms with Crippen LogP contribution < -0.4 is 4.90 Å². The normalized spacial score (nSPS) is 16.4. The van der Waals surface area contributed by atoms with E-state index in [9.17, 15) is 12.8 Å². The molecule has 128 valence electrons. The van der Waals surface area contributed by atoms with Crippen LogP contribution >= 0.6 is 23.2 Å². The molecule has 1 aliphatic heterocycles. The molecule has 0 unspecified atom stereocenters. The Morgan fingerprint density at radius 2 is 1.46 bits per heavy atom. The summed E-state index contributed by atoms with van der Waals surface area (Å²) in [5.41, 5.74) is 0.477. The quantitative estimate of drug-likeness (QED) is 0.805. The summed E-state index contributed by atoms with van der Waals surface area (Å²) in [6, 6.07) is 11.0. The molecular formula is C16H15Cl2FN2O2S. The van der Waals surface area contributed by atoms with E-state index in [1.807, 2.05) is 4.90 Å². The molecule has 0 amide bonds. The first-order valence-corrected chi connectivity index (χ1v) is 9.54. The highest BCUT2D eigenvalue weighted by molar-refractivity contribution is 7.89. The van der Waals surface area contributed by atoms with Crippen molar-refractivity contribution >= 4 is 38.9 Å². The Kier molecular flexibility index (Phi) is 5.01. The molecule has 1 fully saturated rings. The molecule has 0 aromatic heterocycles. The van der Waals surface area contributed by atoms with Crippen LogP contribution in [0.2, 0.25) is 10.0 Å². The number of benzene rings is 2. The van der Waals surface area contributed by atoms with E-state index in [4.69, 9.17) is 23.2 Å². The number of rotatable bonds is 3. The van der Waals surface area contributed by atoms with Gasteiger partial charge in [0.1, 0.15) is 10.7 Å².